The predicted molar refractivity (Wildman–Crippen MR) is 85.4 cm³/mol. The first-order valence-corrected chi connectivity index (χ1v) is 8.23. The highest BCUT2D eigenvalue weighted by Crippen LogP contribution is 2.32. The number of hydrogen-bond acceptors (Lipinski definition) is 4. The SMILES string of the molecule is CCC(NC(=O)Cc1ccc(C(=O)O)cc1)c1nc(C(F)(F)F)cs1. The average molecular weight is 372 g/mol. The second kappa shape index (κ2) is 7.64. The summed E-state index contributed by atoms with van der Waals surface area (Å²) in [5.74, 6) is -1.44. The number of halogens is 3. The summed E-state index contributed by atoms with van der Waals surface area (Å²) in [6.07, 6.45) is -4.12. The molecule has 1 heterocycles. The van der Waals surface area contributed by atoms with Crippen LogP contribution in [0.4, 0.5) is 13.2 Å². The lowest BCUT2D eigenvalue weighted by atomic mass is 10.1. The Labute approximate surface area is 145 Å². The van der Waals surface area contributed by atoms with Crippen molar-refractivity contribution in [3.05, 3.63) is 51.5 Å². The maximum absolute atomic E-state index is 12.6. The van der Waals surface area contributed by atoms with Crippen LogP contribution in [0, 0.1) is 0 Å². The Morgan fingerprint density at radius 3 is 2.40 bits per heavy atom. The second-order valence-electron chi connectivity index (χ2n) is 5.28. The number of carboxylic acids is 1. The van der Waals surface area contributed by atoms with Crippen LogP contribution in [0.5, 0.6) is 0 Å². The number of carbonyl (C=O) groups excluding carboxylic acids is 1. The van der Waals surface area contributed by atoms with Gasteiger partial charge < -0.3 is 10.4 Å². The number of aromatic nitrogens is 1. The third-order valence-electron chi connectivity index (χ3n) is 3.42. The number of hydrogen-bond donors (Lipinski definition) is 2. The van der Waals surface area contributed by atoms with E-state index in [2.05, 4.69) is 10.3 Å². The van der Waals surface area contributed by atoms with Crippen LogP contribution in [0.2, 0.25) is 0 Å². The van der Waals surface area contributed by atoms with Crippen molar-refractivity contribution in [2.45, 2.75) is 32.0 Å². The zero-order valence-corrected chi connectivity index (χ0v) is 13.9. The number of thiazole rings is 1. The fraction of sp³-hybridized carbons (Fsp3) is 0.312. The molecule has 0 radical (unpaired) electrons. The van der Waals surface area contributed by atoms with E-state index in [1.807, 2.05) is 0 Å². The lowest BCUT2D eigenvalue weighted by molar-refractivity contribution is -0.140. The molecule has 0 aliphatic carbocycles. The molecule has 2 N–H and O–H groups in total. The predicted octanol–water partition coefficient (Wildman–Crippen LogP) is 3.67. The average Bonchev–Trinajstić information content (AvgIpc) is 3.03. The zero-order chi connectivity index (χ0) is 18.6. The Hall–Kier alpha value is -2.42. The van der Waals surface area contributed by atoms with Gasteiger partial charge in [0.15, 0.2) is 5.69 Å². The van der Waals surface area contributed by atoms with E-state index in [-0.39, 0.29) is 22.9 Å². The van der Waals surface area contributed by atoms with Crippen molar-refractivity contribution in [2.75, 3.05) is 0 Å². The lowest BCUT2D eigenvalue weighted by Gasteiger charge is -2.14. The van der Waals surface area contributed by atoms with Crippen LogP contribution in [0.25, 0.3) is 0 Å². The molecule has 2 rings (SSSR count). The Morgan fingerprint density at radius 1 is 1.28 bits per heavy atom. The molecule has 1 atom stereocenters. The van der Waals surface area contributed by atoms with Gasteiger partial charge in [-0.3, -0.25) is 4.79 Å². The van der Waals surface area contributed by atoms with Gasteiger partial charge in [-0.2, -0.15) is 13.2 Å². The molecule has 1 unspecified atom stereocenters. The summed E-state index contributed by atoms with van der Waals surface area (Å²) in [5, 5.41) is 12.6. The van der Waals surface area contributed by atoms with Crippen molar-refractivity contribution in [1.82, 2.24) is 10.3 Å². The van der Waals surface area contributed by atoms with E-state index in [0.717, 1.165) is 16.7 Å². The van der Waals surface area contributed by atoms with Crippen LogP contribution in [0.15, 0.2) is 29.6 Å². The summed E-state index contributed by atoms with van der Waals surface area (Å²) in [4.78, 5) is 26.4. The van der Waals surface area contributed by atoms with Gasteiger partial charge in [0.25, 0.3) is 0 Å². The Kier molecular flexibility index (Phi) is 5.78. The molecule has 25 heavy (non-hydrogen) atoms. The highest BCUT2D eigenvalue weighted by Gasteiger charge is 2.34. The number of aromatic carboxylic acids is 1. The van der Waals surface area contributed by atoms with Crippen molar-refractivity contribution in [1.29, 1.82) is 0 Å². The number of carbonyl (C=O) groups is 2. The Morgan fingerprint density at radius 2 is 1.92 bits per heavy atom. The van der Waals surface area contributed by atoms with Crippen LogP contribution in [0.1, 0.15) is 46.0 Å². The molecule has 134 valence electrons. The summed E-state index contributed by atoms with van der Waals surface area (Å²) in [6, 6.07) is 5.22. The molecule has 0 bridgehead atoms. The first-order valence-electron chi connectivity index (χ1n) is 7.35. The monoisotopic (exact) mass is 372 g/mol. The second-order valence-corrected chi connectivity index (χ2v) is 6.17. The van der Waals surface area contributed by atoms with Crippen molar-refractivity contribution < 1.29 is 27.9 Å². The van der Waals surface area contributed by atoms with Crippen molar-refractivity contribution in [3.63, 3.8) is 0 Å². The molecule has 0 aliphatic rings. The number of carboxylic acid groups (broad SMARTS) is 1. The van der Waals surface area contributed by atoms with E-state index >= 15 is 0 Å². The summed E-state index contributed by atoms with van der Waals surface area (Å²) in [6.45, 7) is 1.74. The standard InChI is InChI=1S/C16H15F3N2O3S/c1-2-11(14-21-12(8-25-14)16(17,18)19)20-13(22)7-9-3-5-10(6-4-9)15(23)24/h3-6,8,11H,2,7H2,1H3,(H,20,22)(H,23,24). The number of benzene rings is 1. The minimum Gasteiger partial charge on any atom is -0.478 e. The first-order chi connectivity index (χ1) is 11.7. The topological polar surface area (TPSA) is 79.3 Å². The van der Waals surface area contributed by atoms with Crippen molar-refractivity contribution in [2.24, 2.45) is 0 Å². The van der Waals surface area contributed by atoms with Gasteiger partial charge in [-0.05, 0) is 24.1 Å². The highest BCUT2D eigenvalue weighted by atomic mass is 32.1. The lowest BCUT2D eigenvalue weighted by Crippen LogP contribution is -2.29. The molecule has 2 aromatic rings. The molecule has 9 heteroatoms. The molecule has 0 saturated carbocycles. The third kappa shape index (κ3) is 5.02. The largest absolute Gasteiger partial charge is 0.478 e. The van der Waals surface area contributed by atoms with Crippen molar-refractivity contribution >= 4 is 23.2 Å². The van der Waals surface area contributed by atoms with E-state index in [0.29, 0.717) is 12.0 Å². The molecule has 5 nitrogen and oxygen atoms in total. The summed E-state index contributed by atoms with van der Waals surface area (Å²) in [5.41, 5.74) is -0.255. The van der Waals surface area contributed by atoms with Crippen LogP contribution in [-0.4, -0.2) is 22.0 Å². The fourth-order valence-electron chi connectivity index (χ4n) is 2.11. The zero-order valence-electron chi connectivity index (χ0n) is 13.1. The minimum atomic E-state index is -4.51. The maximum Gasteiger partial charge on any atom is 0.434 e. The summed E-state index contributed by atoms with van der Waals surface area (Å²) >= 11 is 0.851. The van der Waals surface area contributed by atoms with Crippen LogP contribution in [-0.2, 0) is 17.4 Å². The molecule has 0 fully saturated rings. The maximum atomic E-state index is 12.6. The third-order valence-corrected chi connectivity index (χ3v) is 4.38. The van der Waals surface area contributed by atoms with Crippen LogP contribution in [0.3, 0.4) is 0 Å². The van der Waals surface area contributed by atoms with E-state index in [1.54, 1.807) is 6.92 Å². The van der Waals surface area contributed by atoms with E-state index in [1.165, 1.54) is 24.3 Å². The van der Waals surface area contributed by atoms with Gasteiger partial charge in [0, 0.05) is 5.38 Å². The van der Waals surface area contributed by atoms with E-state index in [9.17, 15) is 22.8 Å². The van der Waals surface area contributed by atoms with Gasteiger partial charge in [-0.25, -0.2) is 9.78 Å². The normalized spacial score (nSPS) is 12.6. The van der Waals surface area contributed by atoms with Crippen molar-refractivity contribution in [3.8, 4) is 0 Å². The number of alkyl halides is 3. The number of rotatable bonds is 6. The molecular weight excluding hydrogens is 357 g/mol. The van der Waals surface area contributed by atoms with Crippen LogP contribution < -0.4 is 5.32 Å². The molecule has 1 aromatic carbocycles. The molecule has 1 amide bonds. The quantitative estimate of drug-likeness (QED) is 0.811. The molecule has 1 aromatic heterocycles. The summed E-state index contributed by atoms with van der Waals surface area (Å²) < 4.78 is 37.9. The van der Waals surface area contributed by atoms with Gasteiger partial charge in [-0.1, -0.05) is 19.1 Å². The van der Waals surface area contributed by atoms with Gasteiger partial charge in [0.2, 0.25) is 5.91 Å². The summed E-state index contributed by atoms with van der Waals surface area (Å²) in [7, 11) is 0. The van der Waals surface area contributed by atoms with Gasteiger partial charge in [-0.15, -0.1) is 11.3 Å². The number of amides is 1. The Balaban J connectivity index is 2.02. The number of nitrogens with zero attached hydrogens (tertiary/aromatic N) is 1. The van der Waals surface area contributed by atoms with Gasteiger partial charge in [0.1, 0.15) is 5.01 Å². The van der Waals surface area contributed by atoms with Crippen LogP contribution >= 0.6 is 11.3 Å². The van der Waals surface area contributed by atoms with Gasteiger partial charge in [0.05, 0.1) is 18.0 Å². The van der Waals surface area contributed by atoms with E-state index < -0.39 is 23.9 Å². The molecule has 0 saturated heterocycles. The first kappa shape index (κ1) is 18.9. The molecular formula is C16H15F3N2O3S. The molecule has 0 spiro atoms. The van der Waals surface area contributed by atoms with Gasteiger partial charge >= 0.3 is 12.1 Å². The smallest absolute Gasteiger partial charge is 0.434 e. The highest BCUT2D eigenvalue weighted by molar-refractivity contribution is 7.09. The molecule has 0 aliphatic heterocycles. The fourth-order valence-corrected chi connectivity index (χ4v) is 3.07. The Bertz CT molecular complexity index is 757. The van der Waals surface area contributed by atoms with E-state index in [4.69, 9.17) is 5.11 Å². The number of nitrogens with one attached hydrogen (secondary N) is 1. The minimum absolute atomic E-state index is 0.00605.